The summed E-state index contributed by atoms with van der Waals surface area (Å²) in [5.41, 5.74) is 6.90. The van der Waals surface area contributed by atoms with E-state index in [1.165, 1.54) is 6.07 Å². The highest BCUT2D eigenvalue weighted by atomic mass is 19.1. The Hall–Kier alpha value is -2.54. The molecule has 0 bridgehead atoms. The SMILES string of the molecule is CN1CCC(N2CNc3nccc(Oc4ccc(N)cc4F)c32)CC1. The molecule has 0 aliphatic carbocycles. The number of benzene rings is 1. The van der Waals surface area contributed by atoms with Crippen LogP contribution in [0.4, 0.5) is 21.6 Å². The predicted molar refractivity (Wildman–Crippen MR) is 96.6 cm³/mol. The van der Waals surface area contributed by atoms with Crippen LogP contribution in [0.15, 0.2) is 30.5 Å². The van der Waals surface area contributed by atoms with E-state index in [9.17, 15) is 4.39 Å². The predicted octanol–water partition coefficient (Wildman–Crippen LogP) is 2.88. The van der Waals surface area contributed by atoms with Crippen molar-refractivity contribution in [1.82, 2.24) is 9.88 Å². The number of anilines is 3. The van der Waals surface area contributed by atoms with Crippen LogP contribution in [0.1, 0.15) is 12.8 Å². The van der Waals surface area contributed by atoms with Gasteiger partial charge < -0.3 is 25.6 Å². The lowest BCUT2D eigenvalue weighted by molar-refractivity contribution is 0.251. The quantitative estimate of drug-likeness (QED) is 0.836. The average molecular weight is 343 g/mol. The number of pyridine rings is 1. The van der Waals surface area contributed by atoms with E-state index in [4.69, 9.17) is 10.5 Å². The van der Waals surface area contributed by atoms with Gasteiger partial charge in [-0.25, -0.2) is 9.37 Å². The molecule has 6 nitrogen and oxygen atoms in total. The Balaban J connectivity index is 1.63. The second-order valence-electron chi connectivity index (χ2n) is 6.64. The van der Waals surface area contributed by atoms with Crippen LogP contribution in [0.2, 0.25) is 0 Å². The molecule has 7 heteroatoms. The molecule has 25 heavy (non-hydrogen) atoms. The van der Waals surface area contributed by atoms with Crippen LogP contribution >= 0.6 is 0 Å². The lowest BCUT2D eigenvalue weighted by Gasteiger charge is -2.36. The third-order valence-corrected chi connectivity index (χ3v) is 4.90. The number of nitrogens with one attached hydrogen (secondary N) is 1. The zero-order chi connectivity index (χ0) is 17.4. The molecule has 2 aliphatic rings. The van der Waals surface area contributed by atoms with E-state index in [0.717, 1.165) is 37.4 Å². The van der Waals surface area contributed by atoms with Crippen LogP contribution in [0.3, 0.4) is 0 Å². The summed E-state index contributed by atoms with van der Waals surface area (Å²) in [5.74, 6) is 1.09. The highest BCUT2D eigenvalue weighted by Gasteiger charge is 2.32. The Morgan fingerprint density at radius 1 is 1.24 bits per heavy atom. The molecule has 1 aromatic heterocycles. The van der Waals surface area contributed by atoms with Gasteiger partial charge in [-0.3, -0.25) is 0 Å². The van der Waals surface area contributed by atoms with Crippen LogP contribution in [0, 0.1) is 5.82 Å². The van der Waals surface area contributed by atoms with Crippen LogP contribution in [0.5, 0.6) is 11.5 Å². The van der Waals surface area contributed by atoms with Gasteiger partial charge in [0.1, 0.15) is 5.69 Å². The van der Waals surface area contributed by atoms with Crippen molar-refractivity contribution in [3.8, 4) is 11.5 Å². The molecule has 2 aromatic rings. The van der Waals surface area contributed by atoms with Crippen molar-refractivity contribution in [3.05, 3.63) is 36.3 Å². The molecule has 0 amide bonds. The number of halogens is 1. The first kappa shape index (κ1) is 16.0. The standard InChI is InChI=1S/C18H22FN5O/c1-23-8-5-13(6-9-23)24-11-22-18-17(24)16(4-7-21-18)25-15-3-2-12(20)10-14(15)19/h2-4,7,10,13H,5-6,8-9,11,20H2,1H3,(H,21,22). The van der Waals surface area contributed by atoms with Crippen LogP contribution in [-0.4, -0.2) is 42.7 Å². The van der Waals surface area contributed by atoms with Gasteiger partial charge in [-0.1, -0.05) is 0 Å². The highest BCUT2D eigenvalue weighted by molar-refractivity contribution is 5.78. The summed E-state index contributed by atoms with van der Waals surface area (Å²) in [6.07, 6.45) is 3.85. The van der Waals surface area contributed by atoms with Crippen molar-refractivity contribution in [3.63, 3.8) is 0 Å². The normalized spacial score (nSPS) is 18.1. The minimum absolute atomic E-state index is 0.165. The molecular formula is C18H22FN5O. The molecule has 0 atom stereocenters. The average Bonchev–Trinajstić information content (AvgIpc) is 3.03. The summed E-state index contributed by atoms with van der Waals surface area (Å²) in [4.78, 5) is 9.03. The number of hydrogen-bond donors (Lipinski definition) is 2. The molecule has 0 spiro atoms. The van der Waals surface area contributed by atoms with Gasteiger partial charge in [-0.05, 0) is 45.1 Å². The number of nitrogen functional groups attached to an aromatic ring is 1. The number of aromatic nitrogens is 1. The van der Waals surface area contributed by atoms with Crippen molar-refractivity contribution in [2.75, 3.05) is 42.8 Å². The Morgan fingerprint density at radius 2 is 2.04 bits per heavy atom. The lowest BCUT2D eigenvalue weighted by atomic mass is 10.0. The Kier molecular flexibility index (Phi) is 4.09. The van der Waals surface area contributed by atoms with Gasteiger partial charge in [-0.15, -0.1) is 0 Å². The molecule has 0 radical (unpaired) electrons. The lowest BCUT2D eigenvalue weighted by Crippen LogP contribution is -2.43. The van der Waals surface area contributed by atoms with Crippen molar-refractivity contribution in [1.29, 1.82) is 0 Å². The maximum Gasteiger partial charge on any atom is 0.167 e. The number of ether oxygens (including phenoxy) is 1. The molecule has 4 rings (SSSR count). The largest absolute Gasteiger partial charge is 0.452 e. The van der Waals surface area contributed by atoms with E-state index in [0.29, 0.717) is 24.1 Å². The number of hydrogen-bond acceptors (Lipinski definition) is 6. The number of rotatable bonds is 3. The number of fused-ring (bicyclic) bond motifs is 1. The van der Waals surface area contributed by atoms with Crippen molar-refractivity contribution in [2.24, 2.45) is 0 Å². The fourth-order valence-corrected chi connectivity index (χ4v) is 3.50. The van der Waals surface area contributed by atoms with Crippen LogP contribution < -0.4 is 20.7 Å². The molecule has 3 heterocycles. The topological polar surface area (TPSA) is 66.6 Å². The van der Waals surface area contributed by atoms with Gasteiger partial charge in [0.25, 0.3) is 0 Å². The van der Waals surface area contributed by atoms with E-state index < -0.39 is 5.82 Å². The molecule has 3 N–H and O–H groups in total. The highest BCUT2D eigenvalue weighted by Crippen LogP contribution is 2.43. The van der Waals surface area contributed by atoms with Crippen molar-refractivity contribution in [2.45, 2.75) is 18.9 Å². The number of likely N-dealkylation sites (tertiary alicyclic amines) is 1. The second kappa shape index (κ2) is 6.40. The minimum Gasteiger partial charge on any atom is -0.452 e. The van der Waals surface area contributed by atoms with Gasteiger partial charge in [0.2, 0.25) is 0 Å². The molecule has 0 saturated carbocycles. The molecule has 1 fully saturated rings. The summed E-state index contributed by atoms with van der Waals surface area (Å²) < 4.78 is 20.0. The molecule has 2 aliphatic heterocycles. The van der Waals surface area contributed by atoms with E-state index in [-0.39, 0.29) is 5.75 Å². The zero-order valence-corrected chi connectivity index (χ0v) is 14.2. The fourth-order valence-electron chi connectivity index (χ4n) is 3.50. The Bertz CT molecular complexity index is 776. The third-order valence-electron chi connectivity index (χ3n) is 4.90. The van der Waals surface area contributed by atoms with Crippen LogP contribution in [0.25, 0.3) is 0 Å². The van der Waals surface area contributed by atoms with Gasteiger partial charge in [0, 0.05) is 30.1 Å². The first-order valence-electron chi connectivity index (χ1n) is 8.53. The summed E-state index contributed by atoms with van der Waals surface area (Å²) in [6.45, 7) is 2.83. The van der Waals surface area contributed by atoms with Crippen LogP contribution in [-0.2, 0) is 0 Å². The minimum atomic E-state index is -0.470. The molecule has 1 saturated heterocycles. The van der Waals surface area contributed by atoms with Gasteiger partial charge >= 0.3 is 0 Å². The van der Waals surface area contributed by atoms with E-state index in [1.54, 1.807) is 24.4 Å². The Labute approximate surface area is 146 Å². The van der Waals surface area contributed by atoms with Gasteiger partial charge in [0.05, 0.1) is 6.67 Å². The van der Waals surface area contributed by atoms with Crippen molar-refractivity contribution >= 4 is 17.2 Å². The van der Waals surface area contributed by atoms with E-state index in [1.807, 2.05) is 0 Å². The summed E-state index contributed by atoms with van der Waals surface area (Å²) in [5, 5.41) is 3.32. The summed E-state index contributed by atoms with van der Waals surface area (Å²) >= 11 is 0. The third kappa shape index (κ3) is 3.07. The first-order valence-corrected chi connectivity index (χ1v) is 8.53. The number of piperidine rings is 1. The van der Waals surface area contributed by atoms with E-state index >= 15 is 0 Å². The number of nitrogens with two attached hydrogens (primary N) is 1. The van der Waals surface area contributed by atoms with Gasteiger partial charge in [-0.2, -0.15) is 0 Å². The summed E-state index contributed by atoms with van der Waals surface area (Å²) in [6, 6.07) is 6.66. The zero-order valence-electron chi connectivity index (χ0n) is 14.2. The monoisotopic (exact) mass is 343 g/mol. The van der Waals surface area contributed by atoms with Crippen molar-refractivity contribution < 1.29 is 9.13 Å². The molecule has 0 unspecified atom stereocenters. The van der Waals surface area contributed by atoms with Gasteiger partial charge in [0.15, 0.2) is 23.1 Å². The molecule has 1 aromatic carbocycles. The maximum atomic E-state index is 14.1. The summed E-state index contributed by atoms with van der Waals surface area (Å²) in [7, 11) is 2.15. The number of nitrogens with zero attached hydrogens (tertiary/aromatic N) is 3. The van der Waals surface area contributed by atoms with E-state index in [2.05, 4.69) is 27.1 Å². The first-order chi connectivity index (χ1) is 12.1. The maximum absolute atomic E-state index is 14.1. The molecular weight excluding hydrogens is 321 g/mol. The fraction of sp³-hybridized carbons (Fsp3) is 0.389. The smallest absolute Gasteiger partial charge is 0.167 e. The molecule has 132 valence electrons. The second-order valence-corrected chi connectivity index (χ2v) is 6.64. The Morgan fingerprint density at radius 3 is 2.80 bits per heavy atom.